The lowest BCUT2D eigenvalue weighted by molar-refractivity contribution is -0.116. The highest BCUT2D eigenvalue weighted by molar-refractivity contribution is 6.00. The van der Waals surface area contributed by atoms with Crippen LogP contribution < -0.4 is 10.2 Å². The SMILES string of the molecule is Cc1cccc(C)c1NC(=O)CN(C)C(=O)c1cccc(N(C)C)c1. The summed E-state index contributed by atoms with van der Waals surface area (Å²) in [5.74, 6) is -0.391. The van der Waals surface area contributed by atoms with Crippen molar-refractivity contribution < 1.29 is 9.59 Å². The van der Waals surface area contributed by atoms with Gasteiger partial charge in [0.2, 0.25) is 5.91 Å². The second kappa shape index (κ2) is 7.83. The molecule has 5 heteroatoms. The van der Waals surface area contributed by atoms with E-state index in [1.165, 1.54) is 4.90 Å². The smallest absolute Gasteiger partial charge is 0.254 e. The van der Waals surface area contributed by atoms with Gasteiger partial charge in [-0.2, -0.15) is 0 Å². The Morgan fingerprint density at radius 2 is 1.56 bits per heavy atom. The summed E-state index contributed by atoms with van der Waals surface area (Å²) in [5, 5.41) is 2.90. The molecule has 0 atom stereocenters. The van der Waals surface area contributed by atoms with Gasteiger partial charge in [0.05, 0.1) is 6.54 Å². The third kappa shape index (κ3) is 4.59. The van der Waals surface area contributed by atoms with Crippen LogP contribution in [0, 0.1) is 13.8 Å². The average molecular weight is 339 g/mol. The van der Waals surface area contributed by atoms with Crippen molar-refractivity contribution >= 4 is 23.2 Å². The Labute approximate surface area is 149 Å². The van der Waals surface area contributed by atoms with Crippen LogP contribution in [0.1, 0.15) is 21.5 Å². The number of hydrogen-bond donors (Lipinski definition) is 1. The van der Waals surface area contributed by atoms with E-state index in [0.29, 0.717) is 5.56 Å². The first kappa shape index (κ1) is 18.5. The van der Waals surface area contributed by atoms with Crippen LogP contribution in [0.25, 0.3) is 0 Å². The predicted molar refractivity (Wildman–Crippen MR) is 102 cm³/mol. The van der Waals surface area contributed by atoms with Crippen LogP contribution in [0.4, 0.5) is 11.4 Å². The Hall–Kier alpha value is -2.82. The molecule has 0 aliphatic rings. The van der Waals surface area contributed by atoms with Crippen LogP contribution in [0.3, 0.4) is 0 Å². The summed E-state index contributed by atoms with van der Waals surface area (Å²) in [6.45, 7) is 3.90. The number of amides is 2. The molecule has 0 spiro atoms. The molecule has 0 unspecified atom stereocenters. The number of anilines is 2. The van der Waals surface area contributed by atoms with E-state index in [9.17, 15) is 9.59 Å². The van der Waals surface area contributed by atoms with Gasteiger partial charge in [-0.1, -0.05) is 24.3 Å². The monoisotopic (exact) mass is 339 g/mol. The number of para-hydroxylation sites is 1. The Kier molecular flexibility index (Phi) is 5.80. The molecule has 25 heavy (non-hydrogen) atoms. The number of nitrogens with one attached hydrogen (secondary N) is 1. The Balaban J connectivity index is 2.06. The maximum Gasteiger partial charge on any atom is 0.254 e. The second-order valence-corrected chi connectivity index (χ2v) is 6.42. The molecular weight excluding hydrogens is 314 g/mol. The first-order valence-corrected chi connectivity index (χ1v) is 8.18. The lowest BCUT2D eigenvalue weighted by Gasteiger charge is -2.19. The number of aryl methyl sites for hydroxylation is 2. The Morgan fingerprint density at radius 1 is 0.960 bits per heavy atom. The van der Waals surface area contributed by atoms with Gasteiger partial charge < -0.3 is 15.1 Å². The standard InChI is InChI=1S/C20H25N3O2/c1-14-8-6-9-15(2)19(14)21-18(24)13-23(5)20(25)16-10-7-11-17(12-16)22(3)4/h6-12H,13H2,1-5H3,(H,21,24). The van der Waals surface area contributed by atoms with Gasteiger partial charge in [0.25, 0.3) is 5.91 Å². The van der Waals surface area contributed by atoms with Crippen molar-refractivity contribution in [3.63, 3.8) is 0 Å². The highest BCUT2D eigenvalue weighted by Gasteiger charge is 2.16. The van der Waals surface area contributed by atoms with E-state index < -0.39 is 0 Å². The van der Waals surface area contributed by atoms with Crippen molar-refractivity contribution in [2.75, 3.05) is 37.9 Å². The normalized spacial score (nSPS) is 10.3. The van der Waals surface area contributed by atoms with E-state index in [1.807, 2.05) is 69.2 Å². The molecule has 2 rings (SSSR count). The molecule has 0 aromatic heterocycles. The number of hydrogen-bond acceptors (Lipinski definition) is 3. The van der Waals surface area contributed by atoms with Crippen molar-refractivity contribution in [2.45, 2.75) is 13.8 Å². The number of rotatable bonds is 5. The van der Waals surface area contributed by atoms with Gasteiger partial charge in [-0.15, -0.1) is 0 Å². The third-order valence-electron chi connectivity index (χ3n) is 4.08. The highest BCUT2D eigenvalue weighted by Crippen LogP contribution is 2.19. The summed E-state index contributed by atoms with van der Waals surface area (Å²) in [4.78, 5) is 28.3. The predicted octanol–water partition coefficient (Wildman–Crippen LogP) is 3.08. The van der Waals surface area contributed by atoms with Crippen molar-refractivity contribution in [3.05, 3.63) is 59.2 Å². The molecule has 0 heterocycles. The summed E-state index contributed by atoms with van der Waals surface area (Å²) in [5.41, 5.74) is 4.32. The molecule has 0 bridgehead atoms. The molecule has 2 aromatic carbocycles. The first-order valence-electron chi connectivity index (χ1n) is 8.18. The second-order valence-electron chi connectivity index (χ2n) is 6.42. The van der Waals surface area contributed by atoms with E-state index in [1.54, 1.807) is 13.1 Å². The maximum atomic E-state index is 12.6. The minimum Gasteiger partial charge on any atom is -0.378 e. The molecule has 0 saturated heterocycles. The fourth-order valence-electron chi connectivity index (χ4n) is 2.62. The summed E-state index contributed by atoms with van der Waals surface area (Å²) in [6, 6.07) is 13.2. The van der Waals surface area contributed by atoms with Crippen molar-refractivity contribution in [1.29, 1.82) is 0 Å². The van der Waals surface area contributed by atoms with Gasteiger partial charge in [0.15, 0.2) is 0 Å². The molecule has 5 nitrogen and oxygen atoms in total. The molecule has 0 aliphatic heterocycles. The minimum absolute atomic E-state index is 0.00119. The van der Waals surface area contributed by atoms with Crippen LogP contribution in [0.15, 0.2) is 42.5 Å². The number of likely N-dealkylation sites (N-methyl/N-ethyl adjacent to an activating group) is 1. The fourth-order valence-corrected chi connectivity index (χ4v) is 2.62. The summed E-state index contributed by atoms with van der Waals surface area (Å²) >= 11 is 0. The molecular formula is C20H25N3O2. The summed E-state index contributed by atoms with van der Waals surface area (Å²) in [7, 11) is 5.48. The van der Waals surface area contributed by atoms with Crippen LogP contribution in [0.5, 0.6) is 0 Å². The molecule has 2 aromatic rings. The zero-order valence-corrected chi connectivity index (χ0v) is 15.5. The van der Waals surface area contributed by atoms with Crippen LogP contribution in [-0.4, -0.2) is 44.4 Å². The van der Waals surface area contributed by atoms with Crippen molar-refractivity contribution in [1.82, 2.24) is 4.90 Å². The zero-order valence-electron chi connectivity index (χ0n) is 15.5. The van der Waals surface area contributed by atoms with Crippen LogP contribution >= 0.6 is 0 Å². The third-order valence-corrected chi connectivity index (χ3v) is 4.08. The van der Waals surface area contributed by atoms with Gasteiger partial charge in [-0.05, 0) is 43.2 Å². The van der Waals surface area contributed by atoms with Gasteiger partial charge in [-0.3, -0.25) is 9.59 Å². The Morgan fingerprint density at radius 3 is 2.16 bits per heavy atom. The molecule has 1 N–H and O–H groups in total. The first-order chi connectivity index (χ1) is 11.8. The number of nitrogens with zero attached hydrogens (tertiary/aromatic N) is 2. The summed E-state index contributed by atoms with van der Waals surface area (Å²) < 4.78 is 0. The molecule has 132 valence electrons. The lowest BCUT2D eigenvalue weighted by atomic mass is 10.1. The van der Waals surface area contributed by atoms with E-state index >= 15 is 0 Å². The molecule has 0 saturated carbocycles. The van der Waals surface area contributed by atoms with Gasteiger partial charge in [0, 0.05) is 38.1 Å². The van der Waals surface area contributed by atoms with Crippen LogP contribution in [0.2, 0.25) is 0 Å². The number of benzene rings is 2. The molecule has 0 radical (unpaired) electrons. The topological polar surface area (TPSA) is 52.7 Å². The fraction of sp³-hybridized carbons (Fsp3) is 0.300. The maximum absolute atomic E-state index is 12.6. The highest BCUT2D eigenvalue weighted by atomic mass is 16.2. The molecule has 0 fully saturated rings. The van der Waals surface area contributed by atoms with E-state index in [0.717, 1.165) is 22.5 Å². The molecule has 2 amide bonds. The van der Waals surface area contributed by atoms with Gasteiger partial charge >= 0.3 is 0 Å². The largest absolute Gasteiger partial charge is 0.378 e. The van der Waals surface area contributed by atoms with Gasteiger partial charge in [0.1, 0.15) is 0 Å². The zero-order chi connectivity index (χ0) is 18.6. The number of carbonyl (C=O) groups is 2. The van der Waals surface area contributed by atoms with Gasteiger partial charge in [-0.25, -0.2) is 0 Å². The van der Waals surface area contributed by atoms with Crippen molar-refractivity contribution in [2.24, 2.45) is 0 Å². The van der Waals surface area contributed by atoms with E-state index in [2.05, 4.69) is 5.32 Å². The number of carbonyl (C=O) groups excluding carboxylic acids is 2. The Bertz CT molecular complexity index is 764. The average Bonchev–Trinajstić information content (AvgIpc) is 2.57. The summed E-state index contributed by atoms with van der Waals surface area (Å²) in [6.07, 6.45) is 0. The van der Waals surface area contributed by atoms with E-state index in [4.69, 9.17) is 0 Å². The minimum atomic E-state index is -0.211. The van der Waals surface area contributed by atoms with Crippen LogP contribution in [-0.2, 0) is 4.79 Å². The van der Waals surface area contributed by atoms with E-state index in [-0.39, 0.29) is 18.4 Å². The lowest BCUT2D eigenvalue weighted by Crippen LogP contribution is -2.35. The quantitative estimate of drug-likeness (QED) is 0.911. The molecule has 0 aliphatic carbocycles. The van der Waals surface area contributed by atoms with Crippen molar-refractivity contribution in [3.8, 4) is 0 Å².